The molecule has 16 bridgehead atoms. The molecule has 2 aliphatic carbocycles. The topological polar surface area (TPSA) is 182 Å². The predicted molar refractivity (Wildman–Crippen MR) is 364 cm³/mol. The van der Waals surface area contributed by atoms with Crippen LogP contribution in [0.5, 0.6) is 51.7 Å². The molecule has 9 N–H and O–H groups in total. The predicted octanol–water partition coefficient (Wildman–Crippen LogP) is 17.9. The van der Waals surface area contributed by atoms with E-state index in [4.69, 9.17) is 35.3 Å². The van der Waals surface area contributed by atoms with Crippen LogP contribution in [-0.4, -0.2) is 57.3 Å². The first-order chi connectivity index (χ1) is 41.9. The summed E-state index contributed by atoms with van der Waals surface area (Å²) in [5.74, 6) is 1.82. The monoisotopic (exact) mass is 1270 g/mol. The summed E-state index contributed by atoms with van der Waals surface area (Å²) in [7, 11) is 14.8. The van der Waals surface area contributed by atoms with Crippen molar-refractivity contribution in [3.8, 4) is 51.7 Å². The minimum atomic E-state index is -1.72. The average molecular weight is 1270 g/mol. The zero-order chi connectivity index (χ0) is 64.9. The van der Waals surface area contributed by atoms with Crippen molar-refractivity contribution in [3.05, 3.63) is 263 Å². The number of aromatic hydroxyl groups is 9. The Bertz CT molecular complexity index is 3600. The molecule has 0 amide bonds. The maximum atomic E-state index is 11.9. The van der Waals surface area contributed by atoms with Crippen molar-refractivity contribution in [2.75, 3.05) is 0 Å². The van der Waals surface area contributed by atoms with Crippen LogP contribution in [0, 0.1) is 0 Å². The van der Waals surface area contributed by atoms with Crippen molar-refractivity contribution in [2.45, 2.75) is 143 Å². The number of fused-ring (bicyclic) bond motifs is 16. The van der Waals surface area contributed by atoms with E-state index in [0.717, 1.165) is 73.2 Å². The van der Waals surface area contributed by atoms with E-state index < -0.39 is 11.4 Å². The van der Waals surface area contributed by atoms with Crippen molar-refractivity contribution in [2.24, 2.45) is 0 Å². The maximum Gasteiger partial charge on any atom is 0.643 e. The molecule has 0 saturated carbocycles. The molecule has 9 aromatic carbocycles. The number of phenolic OH excluding ortho intramolecular Hbond substituents is 9. The van der Waals surface area contributed by atoms with E-state index in [2.05, 4.69) is 106 Å². The number of phenols is 9. The van der Waals surface area contributed by atoms with Crippen molar-refractivity contribution in [3.63, 3.8) is 0 Å². The Balaban J connectivity index is 0.000000204. The highest BCUT2D eigenvalue weighted by molar-refractivity contribution is 7.54. The first-order valence-electron chi connectivity index (χ1n) is 30.1. The van der Waals surface area contributed by atoms with Crippen molar-refractivity contribution >= 4 is 41.5 Å². The number of hydrogen-bond donors (Lipinski definition) is 9. The van der Waals surface area contributed by atoms with Gasteiger partial charge in [0.2, 0.25) is 0 Å². The fourth-order valence-electron chi connectivity index (χ4n) is 11.5. The molecule has 0 unspecified atom stereocenters. The van der Waals surface area contributed by atoms with Gasteiger partial charge in [0.05, 0.1) is 0 Å². The Labute approximate surface area is 541 Å². The normalized spacial score (nSPS) is 12.9. The van der Waals surface area contributed by atoms with Crippen LogP contribution in [0.1, 0.15) is 181 Å². The number of para-hydroxylation sites is 5. The number of benzene rings is 9. The Hall–Kier alpha value is -7.42. The number of hydrogen-bond acceptors (Lipinski definition) is 9. The summed E-state index contributed by atoms with van der Waals surface area (Å²) < 4.78 is 0. The summed E-state index contributed by atoms with van der Waals surface area (Å²) >= 11 is -1.72. The third kappa shape index (κ3) is 16.7. The van der Waals surface area contributed by atoms with Crippen LogP contribution in [0.3, 0.4) is 0 Å². The minimum absolute atomic E-state index is 0.178. The zero-order valence-electron chi connectivity index (χ0n) is 52.5. The first kappa shape index (κ1) is 67.5. The van der Waals surface area contributed by atoms with Gasteiger partial charge in [0.25, 0.3) is 0 Å². The van der Waals surface area contributed by atoms with Crippen molar-refractivity contribution in [1.82, 2.24) is 0 Å². The molecule has 0 saturated heterocycles. The van der Waals surface area contributed by atoms with E-state index in [9.17, 15) is 40.9 Å². The fourth-order valence-corrected chi connectivity index (χ4v) is 11.5. The van der Waals surface area contributed by atoms with Crippen molar-refractivity contribution in [1.29, 1.82) is 0 Å². The summed E-state index contributed by atoms with van der Waals surface area (Å²) in [5, 5.41) is 99.6. The molecule has 11 rings (SSSR count). The first-order valence-corrected chi connectivity index (χ1v) is 35.4. The van der Waals surface area contributed by atoms with Gasteiger partial charge in [-0.25, -0.2) is 30.1 Å². The Morgan fingerprint density at radius 2 is 0.461 bits per heavy atom. The maximum absolute atomic E-state index is 11.9. The van der Waals surface area contributed by atoms with Crippen LogP contribution in [0.2, 0.25) is 0 Å². The summed E-state index contributed by atoms with van der Waals surface area (Å²) in [6.45, 7) is 21.6. The lowest BCUT2D eigenvalue weighted by atomic mass is 9.80. The van der Waals surface area contributed by atoms with Crippen LogP contribution < -0.4 is 0 Å². The fraction of sp³-hybridized carbons (Fsp3) is 0.289. The summed E-state index contributed by atoms with van der Waals surface area (Å²) in [4.78, 5) is 0. The SMILES string of the molecule is CCc1cc2c(O)c(c1)Cc1cc(C(C)(C)C)cc(c1O)Cc1cc(C(C)(C)C)cc(c1O)Cc1cc(C(C)(C)C)cc(c1O)C2.Oc1c2cccc1Cc1cccc(c1O)Cc1cccc(c1O)Cc1cccc(c1O)C2.Oc1ccccc1.[Cl][Al]([Cl])[Cl]. The van der Waals surface area contributed by atoms with E-state index in [1.54, 1.807) is 24.3 Å². The number of rotatable bonds is 1. The smallest absolute Gasteiger partial charge is 0.508 e. The van der Waals surface area contributed by atoms with Gasteiger partial charge in [-0.2, -0.15) is 0 Å². The largest absolute Gasteiger partial charge is 0.643 e. The molecule has 0 spiro atoms. The highest BCUT2D eigenvalue weighted by atomic mass is 35.8. The average Bonchev–Trinajstić information content (AvgIpc) is 0.962. The molecule has 464 valence electrons. The van der Waals surface area contributed by atoms with E-state index in [1.165, 1.54) is 0 Å². The molecule has 0 fully saturated rings. The number of aryl methyl sites for hydroxylation is 1. The Kier molecular flexibility index (Phi) is 21.4. The van der Waals surface area contributed by atoms with Gasteiger partial charge in [-0.1, -0.05) is 209 Å². The van der Waals surface area contributed by atoms with Crippen LogP contribution in [-0.2, 0) is 74.0 Å². The molecule has 0 aromatic heterocycles. The molecule has 13 heteroatoms. The molecule has 0 heterocycles. The van der Waals surface area contributed by atoms with E-state index in [1.807, 2.05) is 91.0 Å². The minimum Gasteiger partial charge on any atom is -0.508 e. The lowest BCUT2D eigenvalue weighted by molar-refractivity contribution is 0.447. The van der Waals surface area contributed by atoms with Gasteiger partial charge in [0.1, 0.15) is 51.7 Å². The van der Waals surface area contributed by atoms with Crippen LogP contribution in [0.4, 0.5) is 0 Å². The molecular formula is C76H82AlCl3O9. The second-order valence-corrected chi connectivity index (χ2v) is 32.9. The second kappa shape index (κ2) is 28.2. The molecule has 0 radical (unpaired) electrons. The van der Waals surface area contributed by atoms with Gasteiger partial charge in [-0.15, -0.1) is 0 Å². The molecular weight excluding hydrogens is 1190 g/mol. The molecule has 0 aliphatic heterocycles. The summed E-state index contributed by atoms with van der Waals surface area (Å²) in [6, 6.07) is 47.5. The highest BCUT2D eigenvalue weighted by Crippen LogP contribution is 2.44. The Morgan fingerprint density at radius 1 is 0.281 bits per heavy atom. The van der Waals surface area contributed by atoms with Gasteiger partial charge in [0.15, 0.2) is 0 Å². The molecule has 9 aromatic rings. The third-order valence-electron chi connectivity index (χ3n) is 16.8. The van der Waals surface area contributed by atoms with E-state index in [-0.39, 0.29) is 62.2 Å². The third-order valence-corrected chi connectivity index (χ3v) is 16.8. The lowest BCUT2D eigenvalue weighted by Gasteiger charge is -2.26. The molecule has 9 nitrogen and oxygen atoms in total. The standard InChI is InChI=1S/C42H52O4.C28H24O4.C6H6O.Al.3ClH/c1-11-24-12-25-14-27-18-33(40(2,3)4)20-29(37(27)44)16-31-22-35(42(8,9)10)23-32(39(31)46)17-30-21-34(41(5,6)7)19-28(38(30)45)15-26(13-24)36(25)43;29-25-17-5-1-6-18(25)14-20-8-3-10-22(27(20)31)16-24-12-4-11-23(28(24)32)15-21-9-2-7-19(13-17)26(21)30;7-6-4-2-1-3-5-6;;;;/h12-13,18-23,43-46H,11,14-17H2,1-10H3;1-12,29-32H,13-16H2;1-5,7H;;3*1H/q;;;+3;;;/p-3. The van der Waals surface area contributed by atoms with Gasteiger partial charge in [-0.05, 0) is 146 Å². The van der Waals surface area contributed by atoms with Gasteiger partial charge < -0.3 is 46.0 Å². The quantitative estimate of drug-likeness (QED) is 0.0723. The zero-order valence-corrected chi connectivity index (χ0v) is 56.0. The molecule has 89 heavy (non-hydrogen) atoms. The van der Waals surface area contributed by atoms with Gasteiger partial charge in [-0.3, -0.25) is 0 Å². The molecule has 0 atom stereocenters. The van der Waals surface area contributed by atoms with Gasteiger partial charge >= 0.3 is 11.4 Å². The summed E-state index contributed by atoms with van der Waals surface area (Å²) in [6.07, 6.45) is 3.68. The van der Waals surface area contributed by atoms with E-state index in [0.29, 0.717) is 102 Å². The van der Waals surface area contributed by atoms with Crippen LogP contribution >= 0.6 is 30.1 Å². The highest BCUT2D eigenvalue weighted by Gasteiger charge is 2.27. The van der Waals surface area contributed by atoms with Crippen molar-refractivity contribution < 1.29 is 46.0 Å². The Morgan fingerprint density at radius 3 is 0.629 bits per heavy atom. The lowest BCUT2D eigenvalue weighted by Crippen LogP contribution is -2.15. The summed E-state index contributed by atoms with van der Waals surface area (Å²) in [5.41, 5.74) is 15.5. The van der Waals surface area contributed by atoms with E-state index >= 15 is 0 Å². The van der Waals surface area contributed by atoms with Gasteiger partial charge in [0, 0.05) is 51.4 Å². The second-order valence-electron chi connectivity index (χ2n) is 26.5. The number of halogens is 3. The van der Waals surface area contributed by atoms with Crippen LogP contribution in [0.25, 0.3) is 0 Å². The molecule has 2 aliphatic rings. The van der Waals surface area contributed by atoms with Crippen LogP contribution in [0.15, 0.2) is 152 Å².